The van der Waals surface area contributed by atoms with E-state index in [0.717, 1.165) is 5.69 Å². The average Bonchev–Trinajstić information content (AvgIpc) is 2.82. The minimum Gasteiger partial charge on any atom is -0.494 e. The molecule has 2 N–H and O–H groups in total. The monoisotopic (exact) mass is 275 g/mol. The highest BCUT2D eigenvalue weighted by Gasteiger charge is 2.13. The predicted octanol–water partition coefficient (Wildman–Crippen LogP) is 2.06. The van der Waals surface area contributed by atoms with Crippen LogP contribution in [0.15, 0.2) is 30.5 Å². The van der Waals surface area contributed by atoms with Crippen molar-refractivity contribution in [2.75, 3.05) is 12.8 Å². The van der Waals surface area contributed by atoms with Gasteiger partial charge in [0.15, 0.2) is 5.65 Å². The van der Waals surface area contributed by atoms with Crippen LogP contribution in [-0.2, 0) is 0 Å². The van der Waals surface area contributed by atoms with Gasteiger partial charge >= 0.3 is 0 Å². The van der Waals surface area contributed by atoms with Gasteiger partial charge in [0.25, 0.3) is 0 Å². The summed E-state index contributed by atoms with van der Waals surface area (Å²) in [6.45, 7) is 0. The SMILES string of the molecule is COc1ccccc1-n1ncc2c(N)nc(Cl)nc21. The molecule has 0 saturated heterocycles. The zero-order chi connectivity index (χ0) is 13.4. The van der Waals surface area contributed by atoms with Crippen molar-refractivity contribution in [2.45, 2.75) is 0 Å². The molecular weight excluding hydrogens is 266 g/mol. The molecule has 0 atom stereocenters. The first-order chi connectivity index (χ1) is 9.20. The summed E-state index contributed by atoms with van der Waals surface area (Å²) in [5.74, 6) is 0.983. The van der Waals surface area contributed by atoms with E-state index in [1.807, 2.05) is 24.3 Å². The van der Waals surface area contributed by atoms with Gasteiger partial charge in [0, 0.05) is 0 Å². The standard InChI is InChI=1S/C12H10ClN5O/c1-19-9-5-3-2-4-8(9)18-11-7(6-15-18)10(14)16-12(13)17-11/h2-6H,1H3,(H2,14,16,17). The molecule has 19 heavy (non-hydrogen) atoms. The average molecular weight is 276 g/mol. The summed E-state index contributed by atoms with van der Waals surface area (Å²) < 4.78 is 6.93. The van der Waals surface area contributed by atoms with E-state index in [-0.39, 0.29) is 5.28 Å². The van der Waals surface area contributed by atoms with E-state index in [1.54, 1.807) is 18.0 Å². The molecule has 2 aromatic heterocycles. The number of para-hydroxylation sites is 2. The van der Waals surface area contributed by atoms with E-state index in [4.69, 9.17) is 22.1 Å². The Bertz CT molecular complexity index is 755. The number of methoxy groups -OCH3 is 1. The molecule has 2 heterocycles. The lowest BCUT2D eigenvalue weighted by molar-refractivity contribution is 0.412. The summed E-state index contributed by atoms with van der Waals surface area (Å²) in [4.78, 5) is 8.07. The molecule has 6 nitrogen and oxygen atoms in total. The topological polar surface area (TPSA) is 78.9 Å². The van der Waals surface area contributed by atoms with E-state index in [0.29, 0.717) is 22.6 Å². The number of fused-ring (bicyclic) bond motifs is 1. The summed E-state index contributed by atoms with van der Waals surface area (Å²) in [7, 11) is 1.60. The van der Waals surface area contributed by atoms with Gasteiger partial charge in [0.05, 0.1) is 18.7 Å². The minimum atomic E-state index is 0.0849. The number of nitrogen functional groups attached to an aromatic ring is 1. The molecule has 1 aromatic carbocycles. The first kappa shape index (κ1) is 11.7. The zero-order valence-corrected chi connectivity index (χ0v) is 10.8. The molecule has 0 unspecified atom stereocenters. The molecule has 3 rings (SSSR count). The fourth-order valence-electron chi connectivity index (χ4n) is 1.88. The molecule has 0 aliphatic heterocycles. The van der Waals surface area contributed by atoms with Gasteiger partial charge < -0.3 is 10.5 Å². The summed E-state index contributed by atoms with van der Waals surface area (Å²) in [5, 5.41) is 5.00. The van der Waals surface area contributed by atoms with Crippen molar-refractivity contribution in [2.24, 2.45) is 0 Å². The van der Waals surface area contributed by atoms with Crippen LogP contribution in [0.4, 0.5) is 5.82 Å². The second-order valence-corrected chi connectivity index (χ2v) is 4.18. The highest BCUT2D eigenvalue weighted by molar-refractivity contribution is 6.28. The number of hydrogen-bond donors (Lipinski definition) is 1. The van der Waals surface area contributed by atoms with Gasteiger partial charge in [-0.15, -0.1) is 0 Å². The molecule has 0 aliphatic carbocycles. The van der Waals surface area contributed by atoms with Crippen LogP contribution in [-0.4, -0.2) is 26.9 Å². The molecule has 0 saturated carbocycles. The van der Waals surface area contributed by atoms with Gasteiger partial charge in [-0.25, -0.2) is 9.67 Å². The van der Waals surface area contributed by atoms with Crippen molar-refractivity contribution in [3.05, 3.63) is 35.7 Å². The van der Waals surface area contributed by atoms with Crippen LogP contribution in [0.3, 0.4) is 0 Å². The second kappa shape index (κ2) is 4.40. The van der Waals surface area contributed by atoms with Crippen LogP contribution >= 0.6 is 11.6 Å². The van der Waals surface area contributed by atoms with Gasteiger partial charge in [-0.05, 0) is 23.7 Å². The fourth-order valence-corrected chi connectivity index (χ4v) is 2.05. The number of aromatic nitrogens is 4. The van der Waals surface area contributed by atoms with Gasteiger partial charge in [-0.3, -0.25) is 0 Å². The van der Waals surface area contributed by atoms with Crippen LogP contribution < -0.4 is 10.5 Å². The predicted molar refractivity (Wildman–Crippen MR) is 72.6 cm³/mol. The third kappa shape index (κ3) is 1.86. The van der Waals surface area contributed by atoms with Gasteiger partial charge in [0.2, 0.25) is 5.28 Å². The highest BCUT2D eigenvalue weighted by atomic mass is 35.5. The molecule has 96 valence electrons. The molecule has 3 aromatic rings. The summed E-state index contributed by atoms with van der Waals surface area (Å²) >= 11 is 5.84. The minimum absolute atomic E-state index is 0.0849. The Labute approximate surface area is 113 Å². The number of benzene rings is 1. The third-order valence-corrected chi connectivity index (χ3v) is 2.91. The molecule has 0 fully saturated rings. The molecule has 0 bridgehead atoms. The van der Waals surface area contributed by atoms with E-state index in [1.165, 1.54) is 0 Å². The molecule has 0 aliphatic rings. The number of ether oxygens (including phenoxy) is 1. The Hall–Kier alpha value is -2.34. The Morgan fingerprint density at radius 2 is 2.05 bits per heavy atom. The maximum absolute atomic E-state index is 5.84. The molecule has 0 amide bonds. The Morgan fingerprint density at radius 3 is 2.84 bits per heavy atom. The van der Waals surface area contributed by atoms with Crippen LogP contribution in [0.2, 0.25) is 5.28 Å². The molecule has 7 heteroatoms. The van der Waals surface area contributed by atoms with E-state index in [2.05, 4.69) is 15.1 Å². The number of hydrogen-bond acceptors (Lipinski definition) is 5. The highest BCUT2D eigenvalue weighted by Crippen LogP contribution is 2.27. The van der Waals surface area contributed by atoms with Crippen molar-refractivity contribution in [1.29, 1.82) is 0 Å². The van der Waals surface area contributed by atoms with E-state index < -0.39 is 0 Å². The van der Waals surface area contributed by atoms with Crippen LogP contribution in [0, 0.1) is 0 Å². The molecule has 0 spiro atoms. The quantitative estimate of drug-likeness (QED) is 0.724. The second-order valence-electron chi connectivity index (χ2n) is 3.84. The van der Waals surface area contributed by atoms with Gasteiger partial charge in [-0.1, -0.05) is 12.1 Å². The van der Waals surface area contributed by atoms with Crippen LogP contribution in [0.1, 0.15) is 0 Å². The zero-order valence-electron chi connectivity index (χ0n) is 10.0. The largest absolute Gasteiger partial charge is 0.494 e. The maximum atomic E-state index is 5.84. The fraction of sp³-hybridized carbons (Fsp3) is 0.0833. The molecule has 0 radical (unpaired) electrons. The lowest BCUT2D eigenvalue weighted by Gasteiger charge is -2.08. The summed E-state index contributed by atoms with van der Waals surface area (Å²) in [6.07, 6.45) is 1.60. The maximum Gasteiger partial charge on any atom is 0.226 e. The van der Waals surface area contributed by atoms with Gasteiger partial charge in [-0.2, -0.15) is 10.1 Å². The van der Waals surface area contributed by atoms with E-state index >= 15 is 0 Å². The summed E-state index contributed by atoms with van der Waals surface area (Å²) in [5.41, 5.74) is 7.10. The van der Waals surface area contributed by atoms with Crippen molar-refractivity contribution >= 4 is 28.5 Å². The normalized spacial score (nSPS) is 10.8. The van der Waals surface area contributed by atoms with Gasteiger partial charge in [0.1, 0.15) is 17.3 Å². The Morgan fingerprint density at radius 1 is 1.26 bits per heavy atom. The third-order valence-electron chi connectivity index (χ3n) is 2.74. The first-order valence-corrected chi connectivity index (χ1v) is 5.88. The van der Waals surface area contributed by atoms with Crippen molar-refractivity contribution in [1.82, 2.24) is 19.7 Å². The number of rotatable bonds is 2. The van der Waals surface area contributed by atoms with E-state index in [9.17, 15) is 0 Å². The number of nitrogens with zero attached hydrogens (tertiary/aromatic N) is 4. The van der Waals surface area contributed by atoms with Crippen molar-refractivity contribution < 1.29 is 4.74 Å². The Kier molecular flexibility index (Phi) is 2.72. The van der Waals surface area contributed by atoms with Crippen molar-refractivity contribution in [3.8, 4) is 11.4 Å². The van der Waals surface area contributed by atoms with Crippen LogP contribution in [0.5, 0.6) is 5.75 Å². The Balaban J connectivity index is 2.31. The number of halogens is 1. The number of nitrogens with two attached hydrogens (primary N) is 1. The molecular formula is C12H10ClN5O. The lowest BCUT2D eigenvalue weighted by atomic mass is 10.3. The smallest absolute Gasteiger partial charge is 0.226 e. The van der Waals surface area contributed by atoms with Crippen LogP contribution in [0.25, 0.3) is 16.7 Å². The number of anilines is 1. The summed E-state index contributed by atoms with van der Waals surface area (Å²) in [6, 6.07) is 7.48. The lowest BCUT2D eigenvalue weighted by Crippen LogP contribution is -2.02. The first-order valence-electron chi connectivity index (χ1n) is 5.51. The van der Waals surface area contributed by atoms with Crippen molar-refractivity contribution in [3.63, 3.8) is 0 Å².